The molecular weight excluding hydrogens is 287 g/mol. The molecule has 82 valence electrons. The molecule has 1 spiro atoms. The SMILES string of the molecule is ICC1CCC2(CCCCCCC2)O1. The van der Waals surface area contributed by atoms with Gasteiger partial charge in [0.25, 0.3) is 0 Å². The molecule has 1 atom stereocenters. The van der Waals surface area contributed by atoms with Gasteiger partial charge in [-0.05, 0) is 25.7 Å². The fourth-order valence-corrected chi connectivity index (χ4v) is 3.54. The van der Waals surface area contributed by atoms with E-state index >= 15 is 0 Å². The molecule has 0 radical (unpaired) electrons. The summed E-state index contributed by atoms with van der Waals surface area (Å²) in [4.78, 5) is 0. The summed E-state index contributed by atoms with van der Waals surface area (Å²) in [7, 11) is 0. The minimum absolute atomic E-state index is 0.316. The van der Waals surface area contributed by atoms with Crippen molar-refractivity contribution in [2.24, 2.45) is 0 Å². The van der Waals surface area contributed by atoms with Crippen molar-refractivity contribution in [3.05, 3.63) is 0 Å². The Balaban J connectivity index is 1.92. The van der Waals surface area contributed by atoms with Crippen LogP contribution in [-0.2, 0) is 4.74 Å². The van der Waals surface area contributed by atoms with Crippen molar-refractivity contribution in [2.75, 3.05) is 4.43 Å². The monoisotopic (exact) mass is 308 g/mol. The van der Waals surface area contributed by atoms with Crippen LogP contribution in [0.4, 0.5) is 0 Å². The van der Waals surface area contributed by atoms with Gasteiger partial charge in [-0.1, -0.05) is 54.7 Å². The third-order valence-electron chi connectivity index (χ3n) is 3.78. The van der Waals surface area contributed by atoms with E-state index in [1.165, 1.54) is 62.2 Å². The predicted molar refractivity (Wildman–Crippen MR) is 68.0 cm³/mol. The first kappa shape index (κ1) is 11.2. The number of ether oxygens (including phenoxy) is 1. The summed E-state index contributed by atoms with van der Waals surface area (Å²) in [5, 5.41) is 0. The summed E-state index contributed by atoms with van der Waals surface area (Å²) in [5.41, 5.74) is 0.316. The van der Waals surface area contributed by atoms with Gasteiger partial charge in [0.1, 0.15) is 0 Å². The summed E-state index contributed by atoms with van der Waals surface area (Å²) in [6, 6.07) is 0. The van der Waals surface area contributed by atoms with Crippen LogP contribution in [0.5, 0.6) is 0 Å². The Kier molecular flexibility index (Phi) is 4.11. The van der Waals surface area contributed by atoms with Crippen molar-refractivity contribution in [1.82, 2.24) is 0 Å². The van der Waals surface area contributed by atoms with Crippen molar-refractivity contribution in [2.45, 2.75) is 69.5 Å². The van der Waals surface area contributed by atoms with E-state index in [4.69, 9.17) is 4.74 Å². The normalized spacial score (nSPS) is 32.8. The summed E-state index contributed by atoms with van der Waals surface area (Å²) < 4.78 is 7.45. The van der Waals surface area contributed by atoms with Crippen molar-refractivity contribution in [1.29, 1.82) is 0 Å². The zero-order chi connectivity index (χ0) is 9.86. The molecule has 2 rings (SSSR count). The van der Waals surface area contributed by atoms with Gasteiger partial charge in [-0.25, -0.2) is 0 Å². The maximum absolute atomic E-state index is 6.27. The zero-order valence-electron chi connectivity index (χ0n) is 8.93. The second-order valence-corrected chi connectivity index (χ2v) is 5.76. The molecule has 1 aliphatic heterocycles. The topological polar surface area (TPSA) is 9.23 Å². The van der Waals surface area contributed by atoms with Crippen molar-refractivity contribution in [3.8, 4) is 0 Å². The highest BCUT2D eigenvalue weighted by atomic mass is 127. The molecule has 0 bridgehead atoms. The number of halogens is 1. The number of hydrogen-bond acceptors (Lipinski definition) is 1. The first-order valence-electron chi connectivity index (χ1n) is 6.08. The van der Waals surface area contributed by atoms with Gasteiger partial charge >= 0.3 is 0 Å². The van der Waals surface area contributed by atoms with Crippen LogP contribution in [0.15, 0.2) is 0 Å². The maximum Gasteiger partial charge on any atom is 0.0687 e. The molecule has 1 aliphatic carbocycles. The Labute approximate surface area is 101 Å². The molecule has 1 nitrogen and oxygen atoms in total. The van der Waals surface area contributed by atoms with Crippen LogP contribution >= 0.6 is 22.6 Å². The average Bonchev–Trinajstić information content (AvgIpc) is 2.57. The molecule has 0 aromatic carbocycles. The lowest BCUT2D eigenvalue weighted by molar-refractivity contribution is -0.0477. The van der Waals surface area contributed by atoms with Crippen LogP contribution in [0.1, 0.15) is 57.8 Å². The summed E-state index contributed by atoms with van der Waals surface area (Å²) in [6.07, 6.45) is 13.0. The highest BCUT2D eigenvalue weighted by Gasteiger charge is 2.38. The molecule has 1 unspecified atom stereocenters. The molecule has 14 heavy (non-hydrogen) atoms. The Morgan fingerprint density at radius 3 is 2.21 bits per heavy atom. The highest BCUT2D eigenvalue weighted by Crippen LogP contribution is 2.40. The predicted octanol–water partition coefficient (Wildman–Crippen LogP) is 4.08. The molecular formula is C12H21IO. The van der Waals surface area contributed by atoms with Crippen molar-refractivity contribution in [3.63, 3.8) is 0 Å². The van der Waals surface area contributed by atoms with E-state index < -0.39 is 0 Å². The molecule has 0 N–H and O–H groups in total. The number of hydrogen-bond donors (Lipinski definition) is 0. The first-order valence-corrected chi connectivity index (χ1v) is 7.61. The average molecular weight is 308 g/mol. The second-order valence-electron chi connectivity index (χ2n) is 4.88. The highest BCUT2D eigenvalue weighted by molar-refractivity contribution is 14.1. The Morgan fingerprint density at radius 1 is 1.00 bits per heavy atom. The summed E-state index contributed by atoms with van der Waals surface area (Å²) in [5.74, 6) is 0. The van der Waals surface area contributed by atoms with E-state index in [9.17, 15) is 0 Å². The molecule has 0 aromatic heterocycles. The lowest BCUT2D eigenvalue weighted by Crippen LogP contribution is -2.30. The van der Waals surface area contributed by atoms with Gasteiger partial charge in [0.05, 0.1) is 11.7 Å². The standard InChI is InChI=1S/C12H21IO/c13-10-11-6-9-12(14-11)7-4-2-1-3-5-8-12/h11H,1-10H2. The van der Waals surface area contributed by atoms with Gasteiger partial charge in [0, 0.05) is 4.43 Å². The smallest absolute Gasteiger partial charge is 0.0687 e. The third-order valence-corrected chi connectivity index (χ3v) is 4.76. The Morgan fingerprint density at radius 2 is 1.64 bits per heavy atom. The van der Waals surface area contributed by atoms with Gasteiger partial charge in [-0.3, -0.25) is 0 Å². The summed E-state index contributed by atoms with van der Waals surface area (Å²) >= 11 is 2.46. The molecule has 1 saturated carbocycles. The number of alkyl halides is 1. The van der Waals surface area contributed by atoms with Crippen LogP contribution in [-0.4, -0.2) is 16.1 Å². The molecule has 0 aromatic rings. The van der Waals surface area contributed by atoms with Gasteiger partial charge in [-0.15, -0.1) is 0 Å². The Bertz CT molecular complexity index is 173. The van der Waals surface area contributed by atoms with Gasteiger partial charge in [0.15, 0.2) is 0 Å². The largest absolute Gasteiger partial charge is 0.371 e. The molecule has 2 fully saturated rings. The minimum Gasteiger partial charge on any atom is -0.371 e. The molecule has 0 amide bonds. The van der Waals surface area contributed by atoms with Crippen molar-refractivity contribution < 1.29 is 4.74 Å². The minimum atomic E-state index is 0.316. The Hall–Kier alpha value is 0.690. The van der Waals surface area contributed by atoms with Crippen LogP contribution < -0.4 is 0 Å². The van der Waals surface area contributed by atoms with E-state index in [1.54, 1.807) is 0 Å². The fraction of sp³-hybridized carbons (Fsp3) is 1.00. The summed E-state index contributed by atoms with van der Waals surface area (Å²) in [6.45, 7) is 0. The lowest BCUT2D eigenvalue weighted by Gasteiger charge is -2.31. The molecule has 1 saturated heterocycles. The molecule has 2 aliphatic rings. The lowest BCUT2D eigenvalue weighted by atomic mass is 9.85. The molecule has 1 heterocycles. The molecule has 2 heteroatoms. The third kappa shape index (κ3) is 2.63. The van der Waals surface area contributed by atoms with E-state index in [2.05, 4.69) is 22.6 Å². The fourth-order valence-electron chi connectivity index (χ4n) is 2.92. The van der Waals surface area contributed by atoms with Crippen LogP contribution in [0.25, 0.3) is 0 Å². The maximum atomic E-state index is 6.27. The van der Waals surface area contributed by atoms with E-state index in [1.807, 2.05) is 0 Å². The number of rotatable bonds is 1. The second kappa shape index (κ2) is 5.15. The first-order chi connectivity index (χ1) is 6.85. The zero-order valence-corrected chi connectivity index (χ0v) is 11.1. The van der Waals surface area contributed by atoms with Gasteiger partial charge < -0.3 is 4.74 Å². The van der Waals surface area contributed by atoms with Crippen molar-refractivity contribution >= 4 is 22.6 Å². The van der Waals surface area contributed by atoms with Crippen LogP contribution in [0.3, 0.4) is 0 Å². The van der Waals surface area contributed by atoms with E-state index in [0.717, 1.165) is 0 Å². The van der Waals surface area contributed by atoms with E-state index in [0.29, 0.717) is 11.7 Å². The van der Waals surface area contributed by atoms with E-state index in [-0.39, 0.29) is 0 Å². The van der Waals surface area contributed by atoms with Crippen LogP contribution in [0.2, 0.25) is 0 Å². The van der Waals surface area contributed by atoms with Crippen LogP contribution in [0, 0.1) is 0 Å². The van der Waals surface area contributed by atoms with Gasteiger partial charge in [-0.2, -0.15) is 0 Å². The van der Waals surface area contributed by atoms with Gasteiger partial charge in [0.2, 0.25) is 0 Å². The quantitative estimate of drug-likeness (QED) is 0.524.